The number of rotatable bonds is 2. The fourth-order valence-corrected chi connectivity index (χ4v) is 1.87. The number of pyridine rings is 1. The smallest absolute Gasteiger partial charge is 0.415 e. The molecule has 0 bridgehead atoms. The molecular weight excluding hydrogens is 284 g/mol. The van der Waals surface area contributed by atoms with Crippen LogP contribution in [-0.4, -0.2) is 34.8 Å². The van der Waals surface area contributed by atoms with E-state index in [4.69, 9.17) is 9.84 Å². The minimum absolute atomic E-state index is 0.197. The molecule has 0 unspecified atom stereocenters. The fraction of sp³-hybridized carbons (Fsp3) is 0.312. The Hall–Kier alpha value is -2.63. The number of aromatic nitrogens is 1. The van der Waals surface area contributed by atoms with Crippen molar-refractivity contribution in [2.75, 3.05) is 11.9 Å². The molecule has 0 saturated heterocycles. The molecule has 0 aliphatic heterocycles. The van der Waals surface area contributed by atoms with E-state index in [1.807, 2.05) is 0 Å². The van der Waals surface area contributed by atoms with Crippen LogP contribution in [0.4, 0.5) is 10.6 Å². The molecule has 0 aliphatic rings. The summed E-state index contributed by atoms with van der Waals surface area (Å²) >= 11 is 0. The predicted octanol–water partition coefficient (Wildman–Crippen LogP) is 3.30. The number of ether oxygens (including phenoxy) is 1. The number of carboxylic acid groups (broad SMARTS) is 1. The zero-order valence-corrected chi connectivity index (χ0v) is 13.0. The maximum atomic E-state index is 12.0. The first kappa shape index (κ1) is 15.8. The molecule has 0 radical (unpaired) electrons. The number of hydrogen-bond donors (Lipinski definition) is 1. The van der Waals surface area contributed by atoms with Crippen molar-refractivity contribution in [3.8, 4) is 0 Å². The van der Waals surface area contributed by atoms with Crippen LogP contribution in [0, 0.1) is 0 Å². The number of amides is 1. The molecule has 22 heavy (non-hydrogen) atoms. The Labute approximate surface area is 128 Å². The number of nitrogens with zero attached hydrogens (tertiary/aromatic N) is 2. The average molecular weight is 302 g/mol. The van der Waals surface area contributed by atoms with Crippen LogP contribution in [0.5, 0.6) is 0 Å². The van der Waals surface area contributed by atoms with Gasteiger partial charge in [-0.2, -0.15) is 0 Å². The van der Waals surface area contributed by atoms with Crippen LogP contribution in [0.1, 0.15) is 31.1 Å². The summed E-state index contributed by atoms with van der Waals surface area (Å²) in [4.78, 5) is 28.5. The van der Waals surface area contributed by atoms with Gasteiger partial charge in [0.1, 0.15) is 11.4 Å². The molecule has 0 atom stereocenters. The highest BCUT2D eigenvalue weighted by molar-refractivity contribution is 5.96. The van der Waals surface area contributed by atoms with E-state index in [-0.39, 0.29) is 5.56 Å². The molecule has 0 aliphatic carbocycles. The third-order valence-electron chi connectivity index (χ3n) is 2.97. The van der Waals surface area contributed by atoms with Crippen LogP contribution in [-0.2, 0) is 4.74 Å². The van der Waals surface area contributed by atoms with Crippen molar-refractivity contribution < 1.29 is 19.4 Å². The zero-order valence-electron chi connectivity index (χ0n) is 13.0. The van der Waals surface area contributed by atoms with E-state index >= 15 is 0 Å². The largest absolute Gasteiger partial charge is 0.478 e. The second kappa shape index (κ2) is 5.63. The predicted molar refractivity (Wildman–Crippen MR) is 83.3 cm³/mol. The minimum atomic E-state index is -0.989. The first-order valence-corrected chi connectivity index (χ1v) is 6.77. The number of carboxylic acids is 1. The maximum Gasteiger partial charge on any atom is 0.415 e. The van der Waals surface area contributed by atoms with Crippen LogP contribution in [0.3, 0.4) is 0 Å². The second-order valence-electron chi connectivity index (χ2n) is 5.95. The molecule has 116 valence electrons. The molecule has 1 aromatic carbocycles. The van der Waals surface area contributed by atoms with E-state index in [1.165, 1.54) is 17.2 Å². The molecular formula is C16H18N2O4. The highest BCUT2D eigenvalue weighted by atomic mass is 16.6. The summed E-state index contributed by atoms with van der Waals surface area (Å²) in [5.74, 6) is -0.554. The van der Waals surface area contributed by atoms with E-state index in [0.717, 1.165) is 5.39 Å². The Bertz CT molecular complexity index is 734. The van der Waals surface area contributed by atoms with Crippen LogP contribution >= 0.6 is 0 Å². The highest BCUT2D eigenvalue weighted by Gasteiger charge is 2.21. The topological polar surface area (TPSA) is 79.7 Å². The lowest BCUT2D eigenvalue weighted by Crippen LogP contribution is -2.34. The van der Waals surface area contributed by atoms with E-state index in [9.17, 15) is 9.59 Å². The first-order valence-electron chi connectivity index (χ1n) is 6.77. The van der Waals surface area contributed by atoms with E-state index in [0.29, 0.717) is 11.2 Å². The molecule has 0 spiro atoms. The normalized spacial score (nSPS) is 11.3. The number of carbonyl (C=O) groups excluding carboxylic acids is 1. The molecule has 0 saturated carbocycles. The number of aromatic carboxylic acids is 1. The van der Waals surface area contributed by atoms with Gasteiger partial charge in [-0.3, -0.25) is 4.90 Å². The minimum Gasteiger partial charge on any atom is -0.478 e. The molecule has 1 N–H and O–H groups in total. The summed E-state index contributed by atoms with van der Waals surface area (Å²) in [6.45, 7) is 5.37. The van der Waals surface area contributed by atoms with Crippen LogP contribution in [0.2, 0.25) is 0 Å². The second-order valence-corrected chi connectivity index (χ2v) is 5.95. The van der Waals surface area contributed by atoms with Crippen LogP contribution in [0.15, 0.2) is 30.5 Å². The molecule has 2 rings (SSSR count). The number of carbonyl (C=O) groups is 2. The Morgan fingerprint density at radius 3 is 2.45 bits per heavy atom. The third-order valence-corrected chi connectivity index (χ3v) is 2.97. The zero-order chi connectivity index (χ0) is 16.5. The molecule has 6 nitrogen and oxygen atoms in total. The van der Waals surface area contributed by atoms with Crippen molar-refractivity contribution in [1.29, 1.82) is 0 Å². The lowest BCUT2D eigenvalue weighted by atomic mass is 10.1. The van der Waals surface area contributed by atoms with Gasteiger partial charge in [0.05, 0.1) is 5.56 Å². The summed E-state index contributed by atoms with van der Waals surface area (Å²) in [6.07, 6.45) is 1.04. The van der Waals surface area contributed by atoms with Crippen molar-refractivity contribution in [2.45, 2.75) is 26.4 Å². The Morgan fingerprint density at radius 2 is 1.86 bits per heavy atom. The van der Waals surface area contributed by atoms with E-state index < -0.39 is 17.7 Å². The highest BCUT2D eigenvalue weighted by Crippen LogP contribution is 2.21. The number of anilines is 1. The van der Waals surface area contributed by atoms with Gasteiger partial charge in [0.25, 0.3) is 0 Å². The molecule has 6 heteroatoms. The van der Waals surface area contributed by atoms with Gasteiger partial charge in [-0.25, -0.2) is 14.6 Å². The summed E-state index contributed by atoms with van der Waals surface area (Å²) < 4.78 is 5.29. The van der Waals surface area contributed by atoms with Crippen molar-refractivity contribution in [3.05, 3.63) is 36.0 Å². The quantitative estimate of drug-likeness (QED) is 0.920. The first-order chi connectivity index (χ1) is 10.2. The molecule has 1 aromatic heterocycles. The van der Waals surface area contributed by atoms with Crippen molar-refractivity contribution >= 4 is 28.7 Å². The van der Waals surface area contributed by atoms with Crippen LogP contribution < -0.4 is 4.90 Å². The van der Waals surface area contributed by atoms with Gasteiger partial charge < -0.3 is 9.84 Å². The molecule has 1 amide bonds. The van der Waals surface area contributed by atoms with Gasteiger partial charge in [0.2, 0.25) is 0 Å². The Morgan fingerprint density at radius 1 is 1.18 bits per heavy atom. The number of fused-ring (bicyclic) bond motifs is 1. The summed E-state index contributed by atoms with van der Waals surface area (Å²) in [5, 5.41) is 10.5. The molecule has 0 fully saturated rings. The molecule has 2 aromatic rings. The average Bonchev–Trinajstić information content (AvgIpc) is 2.43. The number of benzene rings is 1. The lowest BCUT2D eigenvalue weighted by molar-refractivity contribution is 0.0587. The maximum absolute atomic E-state index is 12.0. The third kappa shape index (κ3) is 3.52. The van der Waals surface area contributed by atoms with Gasteiger partial charge in [-0.15, -0.1) is 0 Å². The summed E-state index contributed by atoms with van der Waals surface area (Å²) in [6, 6.07) is 6.46. The van der Waals surface area contributed by atoms with Gasteiger partial charge in [0.15, 0.2) is 0 Å². The number of hydrogen-bond acceptors (Lipinski definition) is 4. The van der Waals surface area contributed by atoms with Crippen molar-refractivity contribution in [2.24, 2.45) is 0 Å². The van der Waals surface area contributed by atoms with Crippen molar-refractivity contribution in [3.63, 3.8) is 0 Å². The van der Waals surface area contributed by atoms with E-state index in [1.54, 1.807) is 46.0 Å². The van der Waals surface area contributed by atoms with Gasteiger partial charge >= 0.3 is 12.1 Å². The van der Waals surface area contributed by atoms with Gasteiger partial charge in [-0.05, 0) is 44.4 Å². The summed E-state index contributed by atoms with van der Waals surface area (Å²) in [5.41, 5.74) is -0.388. The fourth-order valence-electron chi connectivity index (χ4n) is 1.87. The van der Waals surface area contributed by atoms with Gasteiger partial charge in [-0.1, -0.05) is 6.07 Å². The van der Waals surface area contributed by atoms with Gasteiger partial charge in [0, 0.05) is 18.6 Å². The Balaban J connectivity index is 2.31. The standard InChI is InChI=1S/C16H18N2O4/c1-16(2,3)22-15(21)18(4)13-8-10-5-6-11(14(19)20)7-12(10)9-17-13/h5-9H,1-4H3,(H,19,20). The Kier molecular flexibility index (Phi) is 4.03. The monoisotopic (exact) mass is 302 g/mol. The van der Waals surface area contributed by atoms with E-state index in [2.05, 4.69) is 4.98 Å². The SMILES string of the molecule is CN(C(=O)OC(C)(C)C)c1cc2ccc(C(=O)O)cc2cn1. The molecule has 1 heterocycles. The van der Waals surface area contributed by atoms with Crippen molar-refractivity contribution in [1.82, 2.24) is 4.98 Å². The summed E-state index contributed by atoms with van der Waals surface area (Å²) in [7, 11) is 1.58. The lowest BCUT2D eigenvalue weighted by Gasteiger charge is -2.24. The van der Waals surface area contributed by atoms with Crippen LogP contribution in [0.25, 0.3) is 10.8 Å².